The first-order valence-corrected chi connectivity index (χ1v) is 4.39. The number of rotatable bonds is 3. The highest BCUT2D eigenvalue weighted by atomic mass is 16.7. The molecule has 0 aromatic carbocycles. The Hall–Kier alpha value is -0.730. The van der Waals surface area contributed by atoms with Crippen LogP contribution in [0.15, 0.2) is 0 Å². The maximum Gasteiger partial charge on any atom is 0.326 e. The van der Waals surface area contributed by atoms with Gasteiger partial charge >= 0.3 is 5.97 Å². The predicted molar refractivity (Wildman–Crippen MR) is 47.9 cm³/mol. The first-order valence-electron chi connectivity index (χ1n) is 4.39. The van der Waals surface area contributed by atoms with Crippen LogP contribution in [-0.2, 0) is 14.3 Å². The lowest BCUT2D eigenvalue weighted by Gasteiger charge is -2.28. The standard InChI is InChI=1S/C8H15NO6/c1-8(9,7(12)13)5-3(10)4(11)6(14-2)15-5/h3-6,10-11H,9H2,1-2H3,(H,12,13)/t3-,4+,5?,6+,8?/m1/s1. The van der Waals surface area contributed by atoms with Crippen LogP contribution in [0.1, 0.15) is 6.92 Å². The SMILES string of the molecule is CO[C@H]1OC(C(C)(N)C(=O)O)[C@H](O)[C@@H]1O. The third-order valence-electron chi connectivity index (χ3n) is 2.50. The highest BCUT2D eigenvalue weighted by molar-refractivity contribution is 5.79. The van der Waals surface area contributed by atoms with Crippen molar-refractivity contribution in [2.45, 2.75) is 37.1 Å². The summed E-state index contributed by atoms with van der Waals surface area (Å²) in [5.41, 5.74) is 3.70. The van der Waals surface area contributed by atoms with Crippen LogP contribution in [0, 0.1) is 0 Å². The lowest BCUT2D eigenvalue weighted by Crippen LogP contribution is -2.59. The van der Waals surface area contributed by atoms with Gasteiger partial charge in [-0.25, -0.2) is 0 Å². The maximum atomic E-state index is 10.8. The van der Waals surface area contributed by atoms with Gasteiger partial charge in [-0.15, -0.1) is 0 Å². The van der Waals surface area contributed by atoms with Gasteiger partial charge in [-0.05, 0) is 6.92 Å². The smallest absolute Gasteiger partial charge is 0.326 e. The second kappa shape index (κ2) is 4.03. The molecule has 1 aliphatic rings. The molecule has 0 spiro atoms. The van der Waals surface area contributed by atoms with E-state index in [0.717, 1.165) is 0 Å². The second-order valence-corrected chi connectivity index (χ2v) is 3.73. The van der Waals surface area contributed by atoms with E-state index in [0.29, 0.717) is 0 Å². The minimum Gasteiger partial charge on any atom is -0.480 e. The normalized spacial score (nSPS) is 40.1. The zero-order chi connectivity index (χ0) is 11.8. The fourth-order valence-electron chi connectivity index (χ4n) is 1.46. The molecule has 7 nitrogen and oxygen atoms in total. The first kappa shape index (κ1) is 12.3. The number of carboxylic acids is 1. The Labute approximate surface area is 86.4 Å². The van der Waals surface area contributed by atoms with Crippen molar-refractivity contribution in [2.75, 3.05) is 7.11 Å². The molecular formula is C8H15NO6. The van der Waals surface area contributed by atoms with Gasteiger partial charge in [0.1, 0.15) is 23.9 Å². The van der Waals surface area contributed by atoms with Gasteiger partial charge in [-0.1, -0.05) is 0 Å². The zero-order valence-electron chi connectivity index (χ0n) is 8.45. The molecule has 1 heterocycles. The molecule has 0 saturated carbocycles. The van der Waals surface area contributed by atoms with Crippen molar-refractivity contribution < 1.29 is 29.6 Å². The molecule has 0 amide bonds. The van der Waals surface area contributed by atoms with Gasteiger partial charge in [0.15, 0.2) is 6.29 Å². The molecule has 2 unspecified atom stereocenters. The van der Waals surface area contributed by atoms with Crippen LogP contribution in [0.5, 0.6) is 0 Å². The molecule has 0 radical (unpaired) electrons. The fourth-order valence-corrected chi connectivity index (χ4v) is 1.46. The van der Waals surface area contributed by atoms with Crippen molar-refractivity contribution in [3.8, 4) is 0 Å². The molecule has 1 rings (SSSR count). The van der Waals surface area contributed by atoms with E-state index in [1.54, 1.807) is 0 Å². The van der Waals surface area contributed by atoms with E-state index in [9.17, 15) is 15.0 Å². The van der Waals surface area contributed by atoms with Crippen molar-refractivity contribution in [1.29, 1.82) is 0 Å². The number of carbonyl (C=O) groups is 1. The Kier molecular flexibility index (Phi) is 3.31. The molecule has 0 aromatic heterocycles. The van der Waals surface area contributed by atoms with Crippen molar-refractivity contribution in [3.05, 3.63) is 0 Å². The van der Waals surface area contributed by atoms with Gasteiger partial charge < -0.3 is 30.5 Å². The number of aliphatic carboxylic acids is 1. The van der Waals surface area contributed by atoms with Crippen LogP contribution in [0.2, 0.25) is 0 Å². The van der Waals surface area contributed by atoms with Gasteiger partial charge in [0, 0.05) is 7.11 Å². The second-order valence-electron chi connectivity index (χ2n) is 3.73. The molecule has 1 aliphatic heterocycles. The number of hydrogen-bond acceptors (Lipinski definition) is 6. The average Bonchev–Trinajstić information content (AvgIpc) is 2.44. The van der Waals surface area contributed by atoms with E-state index < -0.39 is 36.1 Å². The van der Waals surface area contributed by atoms with Crippen molar-refractivity contribution in [1.82, 2.24) is 0 Å². The van der Waals surface area contributed by atoms with Crippen LogP contribution >= 0.6 is 0 Å². The lowest BCUT2D eigenvalue weighted by molar-refractivity contribution is -0.169. The molecule has 5 atom stereocenters. The molecular weight excluding hydrogens is 206 g/mol. The monoisotopic (exact) mass is 221 g/mol. The Morgan fingerprint density at radius 1 is 1.47 bits per heavy atom. The highest BCUT2D eigenvalue weighted by Gasteiger charge is 2.53. The fraction of sp³-hybridized carbons (Fsp3) is 0.875. The van der Waals surface area contributed by atoms with Crippen molar-refractivity contribution >= 4 is 5.97 Å². The number of carboxylic acid groups (broad SMARTS) is 1. The van der Waals surface area contributed by atoms with E-state index in [-0.39, 0.29) is 0 Å². The number of aliphatic hydroxyl groups is 2. The Balaban J connectivity index is 2.86. The summed E-state index contributed by atoms with van der Waals surface area (Å²) in [4.78, 5) is 10.8. The molecule has 1 fully saturated rings. The molecule has 0 aromatic rings. The molecule has 1 saturated heterocycles. The summed E-state index contributed by atoms with van der Waals surface area (Å²) in [6.07, 6.45) is -4.97. The quantitative estimate of drug-likeness (QED) is 0.429. The van der Waals surface area contributed by atoms with Gasteiger partial charge in [-0.3, -0.25) is 4.79 Å². The molecule has 0 bridgehead atoms. The minimum absolute atomic E-state index is 1.06. The van der Waals surface area contributed by atoms with Crippen LogP contribution in [0.4, 0.5) is 0 Å². The third kappa shape index (κ3) is 1.97. The van der Waals surface area contributed by atoms with Gasteiger partial charge in [0.25, 0.3) is 0 Å². The van der Waals surface area contributed by atoms with Crippen LogP contribution in [0.3, 0.4) is 0 Å². The first-order chi connectivity index (χ1) is 6.82. The number of nitrogens with two attached hydrogens (primary N) is 1. The third-order valence-corrected chi connectivity index (χ3v) is 2.50. The molecule has 5 N–H and O–H groups in total. The molecule has 15 heavy (non-hydrogen) atoms. The van der Waals surface area contributed by atoms with Crippen LogP contribution in [-0.4, -0.2) is 58.5 Å². The van der Waals surface area contributed by atoms with Gasteiger partial charge in [-0.2, -0.15) is 0 Å². The van der Waals surface area contributed by atoms with E-state index in [2.05, 4.69) is 0 Å². The Morgan fingerprint density at radius 3 is 2.33 bits per heavy atom. The van der Waals surface area contributed by atoms with E-state index >= 15 is 0 Å². The number of aliphatic hydroxyl groups excluding tert-OH is 2. The average molecular weight is 221 g/mol. The molecule has 0 aliphatic carbocycles. The topological polar surface area (TPSA) is 122 Å². The van der Waals surface area contributed by atoms with Crippen LogP contribution < -0.4 is 5.73 Å². The van der Waals surface area contributed by atoms with E-state index in [4.69, 9.17) is 20.3 Å². The molecule has 7 heteroatoms. The van der Waals surface area contributed by atoms with Gasteiger partial charge in [0.2, 0.25) is 0 Å². The summed E-state index contributed by atoms with van der Waals surface area (Å²) < 4.78 is 9.75. The maximum absolute atomic E-state index is 10.8. The summed E-state index contributed by atoms with van der Waals surface area (Å²) in [5.74, 6) is -1.32. The summed E-state index contributed by atoms with van der Waals surface area (Å²) in [5, 5.41) is 27.8. The van der Waals surface area contributed by atoms with Gasteiger partial charge in [0.05, 0.1) is 0 Å². The lowest BCUT2D eigenvalue weighted by atomic mass is 9.91. The Morgan fingerprint density at radius 2 is 2.00 bits per heavy atom. The summed E-state index contributed by atoms with van der Waals surface area (Å²) in [6.45, 7) is 1.20. The van der Waals surface area contributed by atoms with Crippen molar-refractivity contribution in [3.63, 3.8) is 0 Å². The van der Waals surface area contributed by atoms with Crippen molar-refractivity contribution in [2.24, 2.45) is 5.73 Å². The number of ether oxygens (including phenoxy) is 2. The minimum atomic E-state index is -1.78. The largest absolute Gasteiger partial charge is 0.480 e. The summed E-state index contributed by atoms with van der Waals surface area (Å²) >= 11 is 0. The van der Waals surface area contributed by atoms with Crippen LogP contribution in [0.25, 0.3) is 0 Å². The van der Waals surface area contributed by atoms with E-state index in [1.165, 1.54) is 14.0 Å². The molecule has 88 valence electrons. The Bertz CT molecular complexity index is 256. The summed E-state index contributed by atoms with van der Waals surface area (Å²) in [7, 11) is 1.28. The van der Waals surface area contributed by atoms with E-state index in [1.807, 2.05) is 0 Å². The predicted octanol–water partition coefficient (Wildman–Crippen LogP) is -2.12. The summed E-state index contributed by atoms with van der Waals surface area (Å²) in [6, 6.07) is 0. The highest BCUT2D eigenvalue weighted by Crippen LogP contribution is 2.28. The number of hydrogen-bond donors (Lipinski definition) is 4. The zero-order valence-corrected chi connectivity index (χ0v) is 8.45. The number of methoxy groups -OCH3 is 1.